The van der Waals surface area contributed by atoms with Crippen LogP contribution in [0.15, 0.2) is 91.0 Å². The van der Waals surface area contributed by atoms with Crippen molar-refractivity contribution in [2.24, 2.45) is 0 Å². The number of rotatable bonds is 14. The van der Waals surface area contributed by atoms with Gasteiger partial charge in [-0.25, -0.2) is 0 Å². The Balaban J connectivity index is 1.70. The molecule has 3 aromatic rings. The lowest BCUT2D eigenvalue weighted by Gasteiger charge is -2.28. The van der Waals surface area contributed by atoms with Crippen molar-refractivity contribution in [1.29, 1.82) is 0 Å². The second-order valence-corrected chi connectivity index (χ2v) is 9.83. The molecule has 0 radical (unpaired) electrons. The third-order valence-corrected chi connectivity index (χ3v) is 7.33. The van der Waals surface area contributed by atoms with E-state index in [4.69, 9.17) is 14.2 Å². The quantitative estimate of drug-likeness (QED) is 0.117. The molecule has 1 saturated heterocycles. The van der Waals surface area contributed by atoms with E-state index in [9.17, 15) is 14.7 Å². The normalized spacial score (nSPS) is 16.1. The van der Waals surface area contributed by atoms with Crippen LogP contribution in [0.3, 0.4) is 0 Å². The van der Waals surface area contributed by atoms with Crippen molar-refractivity contribution >= 4 is 17.4 Å². The molecule has 220 valence electrons. The van der Waals surface area contributed by atoms with E-state index >= 15 is 0 Å². The summed E-state index contributed by atoms with van der Waals surface area (Å²) in [6.45, 7) is 11.0. The molecule has 3 aromatic carbocycles. The van der Waals surface area contributed by atoms with Crippen molar-refractivity contribution in [3.63, 3.8) is 0 Å². The maximum Gasteiger partial charge on any atom is 0.295 e. The molecule has 0 aromatic heterocycles. The fourth-order valence-electron chi connectivity index (χ4n) is 4.97. The fraction of sp³-hybridized carbons (Fsp3) is 0.294. The van der Waals surface area contributed by atoms with Crippen LogP contribution in [0.1, 0.15) is 36.6 Å². The van der Waals surface area contributed by atoms with Crippen LogP contribution in [0, 0.1) is 0 Å². The molecule has 1 fully saturated rings. The summed E-state index contributed by atoms with van der Waals surface area (Å²) in [4.78, 5) is 30.6. The zero-order valence-electron chi connectivity index (χ0n) is 24.4. The van der Waals surface area contributed by atoms with Crippen LogP contribution in [-0.2, 0) is 16.2 Å². The minimum atomic E-state index is -0.808. The molecular formula is C34H38N2O6. The van der Waals surface area contributed by atoms with E-state index in [0.717, 1.165) is 18.7 Å². The highest BCUT2D eigenvalue weighted by Gasteiger charge is 2.46. The molecule has 0 saturated carbocycles. The molecular weight excluding hydrogens is 532 g/mol. The Labute approximate surface area is 247 Å². The van der Waals surface area contributed by atoms with Gasteiger partial charge in [-0.15, -0.1) is 0 Å². The third-order valence-electron chi connectivity index (χ3n) is 7.33. The summed E-state index contributed by atoms with van der Waals surface area (Å²) in [5.41, 5.74) is 2.09. The van der Waals surface area contributed by atoms with Crippen LogP contribution in [0.25, 0.3) is 5.76 Å². The smallest absolute Gasteiger partial charge is 0.295 e. The topological polar surface area (TPSA) is 88.5 Å². The van der Waals surface area contributed by atoms with Crippen LogP contribution < -0.4 is 14.2 Å². The van der Waals surface area contributed by atoms with E-state index in [1.807, 2.05) is 30.3 Å². The summed E-state index contributed by atoms with van der Waals surface area (Å²) in [5, 5.41) is 11.5. The summed E-state index contributed by atoms with van der Waals surface area (Å²) >= 11 is 0. The molecule has 4 rings (SSSR count). The predicted molar refractivity (Wildman–Crippen MR) is 163 cm³/mol. The minimum Gasteiger partial charge on any atom is -0.507 e. The van der Waals surface area contributed by atoms with Gasteiger partial charge in [0.2, 0.25) is 0 Å². The molecule has 1 unspecified atom stereocenters. The number of Topliss-reactive ketones (excluding diaryl/α,β-unsaturated/α-hetero) is 1. The number of aliphatic hydroxyl groups is 1. The van der Waals surface area contributed by atoms with Crippen LogP contribution in [0.5, 0.6) is 17.2 Å². The first-order valence-electron chi connectivity index (χ1n) is 14.1. The predicted octanol–water partition coefficient (Wildman–Crippen LogP) is 5.60. The van der Waals surface area contributed by atoms with E-state index in [-0.39, 0.29) is 11.3 Å². The van der Waals surface area contributed by atoms with Crippen molar-refractivity contribution in [1.82, 2.24) is 9.80 Å². The molecule has 0 aliphatic carbocycles. The second-order valence-electron chi connectivity index (χ2n) is 9.83. The van der Waals surface area contributed by atoms with Crippen LogP contribution in [-0.4, -0.2) is 66.5 Å². The number of methoxy groups -OCH3 is 1. The number of hydrogen-bond donors (Lipinski definition) is 1. The molecule has 8 nitrogen and oxygen atoms in total. The van der Waals surface area contributed by atoms with Gasteiger partial charge in [-0.05, 0) is 60.6 Å². The van der Waals surface area contributed by atoms with Crippen molar-refractivity contribution in [3.8, 4) is 17.2 Å². The van der Waals surface area contributed by atoms with E-state index in [1.54, 1.807) is 48.5 Å². The Hall–Kier alpha value is -4.56. The number of ketones is 1. The van der Waals surface area contributed by atoms with E-state index in [2.05, 4.69) is 25.3 Å². The lowest BCUT2D eigenvalue weighted by Crippen LogP contribution is -2.38. The molecule has 1 aliphatic rings. The Morgan fingerprint density at radius 1 is 0.976 bits per heavy atom. The Morgan fingerprint density at radius 3 is 2.33 bits per heavy atom. The first-order valence-corrected chi connectivity index (χ1v) is 14.1. The SMILES string of the molecule is C=CCOc1ccc(C2/C(=C(\O)c3ccc(OCc4ccccc4)cc3)C(=O)C(=O)N2CCN(CC)CC)cc1OC. The lowest BCUT2D eigenvalue weighted by molar-refractivity contribution is -0.140. The number of carbonyl (C=O) groups excluding carboxylic acids is 2. The van der Waals surface area contributed by atoms with Crippen molar-refractivity contribution in [2.45, 2.75) is 26.5 Å². The van der Waals surface area contributed by atoms with Gasteiger partial charge >= 0.3 is 0 Å². The van der Waals surface area contributed by atoms with Crippen LogP contribution >= 0.6 is 0 Å². The summed E-state index contributed by atoms with van der Waals surface area (Å²) in [6, 6.07) is 21.1. The molecule has 1 aliphatic heterocycles. The first kappa shape index (κ1) is 30.4. The number of nitrogens with zero attached hydrogens (tertiary/aromatic N) is 2. The number of likely N-dealkylation sites (tertiary alicyclic amines) is 1. The van der Waals surface area contributed by atoms with Gasteiger partial charge in [0.1, 0.15) is 24.7 Å². The molecule has 1 heterocycles. The molecule has 1 N–H and O–H groups in total. The Bertz CT molecular complexity index is 1410. The Morgan fingerprint density at radius 2 is 1.69 bits per heavy atom. The average molecular weight is 571 g/mol. The van der Waals surface area contributed by atoms with Crippen molar-refractivity contribution in [2.75, 3.05) is 39.9 Å². The number of benzene rings is 3. The number of hydrogen-bond acceptors (Lipinski definition) is 7. The number of amides is 1. The summed E-state index contributed by atoms with van der Waals surface area (Å²) in [5.74, 6) is -0.0541. The van der Waals surface area contributed by atoms with Gasteiger partial charge in [0.05, 0.1) is 18.7 Å². The van der Waals surface area contributed by atoms with Gasteiger partial charge in [-0.2, -0.15) is 0 Å². The van der Waals surface area contributed by atoms with Gasteiger partial charge in [0.25, 0.3) is 11.7 Å². The standard InChI is InChI=1S/C34H38N2O6/c1-5-21-41-28-18-15-26(22-29(28)40-4)31-30(33(38)34(39)36(31)20-19-35(6-2)7-3)32(37)25-13-16-27(17-14-25)42-23-24-11-9-8-10-12-24/h5,8-18,22,31,37H,1,6-7,19-21,23H2,2-4H3/b32-30+. The fourth-order valence-corrected chi connectivity index (χ4v) is 4.97. The van der Waals surface area contributed by atoms with E-state index in [1.165, 1.54) is 12.0 Å². The molecule has 8 heteroatoms. The molecule has 0 bridgehead atoms. The van der Waals surface area contributed by atoms with Gasteiger partial charge in [0, 0.05) is 18.7 Å². The molecule has 42 heavy (non-hydrogen) atoms. The van der Waals surface area contributed by atoms with Gasteiger partial charge in [0.15, 0.2) is 11.5 Å². The zero-order valence-corrected chi connectivity index (χ0v) is 24.4. The van der Waals surface area contributed by atoms with Crippen molar-refractivity contribution < 1.29 is 28.9 Å². The molecule has 1 atom stereocenters. The number of carbonyl (C=O) groups is 2. The molecule has 0 spiro atoms. The van der Waals surface area contributed by atoms with Crippen LogP contribution in [0.4, 0.5) is 0 Å². The van der Waals surface area contributed by atoms with E-state index < -0.39 is 17.7 Å². The highest BCUT2D eigenvalue weighted by atomic mass is 16.5. The molecule has 1 amide bonds. The highest BCUT2D eigenvalue weighted by molar-refractivity contribution is 6.46. The number of ether oxygens (including phenoxy) is 3. The summed E-state index contributed by atoms with van der Waals surface area (Å²) in [7, 11) is 1.53. The monoisotopic (exact) mass is 570 g/mol. The van der Waals surface area contributed by atoms with Crippen molar-refractivity contribution in [3.05, 3.63) is 108 Å². The highest BCUT2D eigenvalue weighted by Crippen LogP contribution is 2.42. The largest absolute Gasteiger partial charge is 0.507 e. The van der Waals surface area contributed by atoms with Gasteiger partial charge < -0.3 is 29.1 Å². The van der Waals surface area contributed by atoms with Gasteiger partial charge in [-0.3, -0.25) is 9.59 Å². The van der Waals surface area contributed by atoms with Gasteiger partial charge in [-0.1, -0.05) is 62.9 Å². The number of aliphatic hydroxyl groups excluding tert-OH is 1. The van der Waals surface area contributed by atoms with E-state index in [0.29, 0.717) is 54.7 Å². The number of likely N-dealkylation sites (N-methyl/N-ethyl adjacent to an activating group) is 1. The average Bonchev–Trinajstić information content (AvgIpc) is 3.28. The first-order chi connectivity index (χ1) is 20.4. The minimum absolute atomic E-state index is 0.0271. The maximum absolute atomic E-state index is 13.5. The third kappa shape index (κ3) is 6.83. The maximum atomic E-state index is 13.5. The lowest BCUT2D eigenvalue weighted by atomic mass is 9.95. The zero-order chi connectivity index (χ0) is 30.1. The van der Waals surface area contributed by atoms with Crippen LogP contribution in [0.2, 0.25) is 0 Å². The second kappa shape index (κ2) is 14.4. The summed E-state index contributed by atoms with van der Waals surface area (Å²) < 4.78 is 17.1. The Kier molecular flexibility index (Phi) is 10.4. The summed E-state index contributed by atoms with van der Waals surface area (Å²) in [6.07, 6.45) is 1.63.